The Hall–Kier alpha value is -3.80. The highest BCUT2D eigenvalue weighted by Gasteiger charge is 2.15. The van der Waals surface area contributed by atoms with E-state index in [9.17, 15) is 15.0 Å². The summed E-state index contributed by atoms with van der Waals surface area (Å²) in [5.74, 6) is 0.0297. The van der Waals surface area contributed by atoms with E-state index in [-0.39, 0.29) is 17.3 Å². The van der Waals surface area contributed by atoms with Gasteiger partial charge >= 0.3 is 0 Å². The van der Waals surface area contributed by atoms with Gasteiger partial charge in [0.05, 0.1) is 16.8 Å². The number of hydrogen-bond acceptors (Lipinski definition) is 4. The molecule has 4 aromatic rings. The number of H-pyrrole nitrogens is 1. The average Bonchev–Trinajstić information content (AvgIpc) is 3.11. The minimum atomic E-state index is -0.211. The Kier molecular flexibility index (Phi) is 6.93. The summed E-state index contributed by atoms with van der Waals surface area (Å²) < 4.78 is 1.45. The molecule has 0 saturated carbocycles. The van der Waals surface area contributed by atoms with Crippen molar-refractivity contribution in [3.63, 3.8) is 0 Å². The Morgan fingerprint density at radius 1 is 1.00 bits per heavy atom. The van der Waals surface area contributed by atoms with Gasteiger partial charge in [0.15, 0.2) is 5.88 Å². The van der Waals surface area contributed by atoms with Crippen LogP contribution in [-0.4, -0.2) is 25.0 Å². The highest BCUT2D eigenvalue weighted by Crippen LogP contribution is 2.32. The van der Waals surface area contributed by atoms with Crippen molar-refractivity contribution in [1.82, 2.24) is 14.8 Å². The van der Waals surface area contributed by atoms with Crippen molar-refractivity contribution in [2.24, 2.45) is 0 Å². The Balaban J connectivity index is 1.57. The number of benzene rings is 2. The van der Waals surface area contributed by atoms with Crippen LogP contribution in [0.2, 0.25) is 0 Å². The molecular formula is C27H29N3O3. The lowest BCUT2D eigenvalue weighted by Gasteiger charge is -2.10. The normalized spacial score (nSPS) is 11.5. The lowest BCUT2D eigenvalue weighted by Crippen LogP contribution is -2.11. The van der Waals surface area contributed by atoms with Gasteiger partial charge in [0.25, 0.3) is 5.56 Å². The molecule has 0 aliphatic carbocycles. The van der Waals surface area contributed by atoms with E-state index in [0.717, 1.165) is 29.5 Å². The van der Waals surface area contributed by atoms with E-state index in [0.29, 0.717) is 29.5 Å². The number of allylic oxidation sites excluding steroid dienone is 2. The molecule has 4 rings (SSSR count). The van der Waals surface area contributed by atoms with Crippen molar-refractivity contribution >= 4 is 10.8 Å². The Bertz CT molecular complexity index is 1330. The number of aromatic nitrogens is 3. The monoisotopic (exact) mass is 443 g/mol. The molecule has 0 saturated heterocycles. The highest BCUT2D eigenvalue weighted by molar-refractivity contribution is 5.83. The minimum absolute atomic E-state index is 0.00773. The minimum Gasteiger partial charge on any atom is -0.494 e. The molecule has 0 bridgehead atoms. The largest absolute Gasteiger partial charge is 0.494 e. The zero-order valence-electron chi connectivity index (χ0n) is 18.8. The maximum absolute atomic E-state index is 12.1. The number of aromatic hydroxyl groups is 2. The first-order valence-corrected chi connectivity index (χ1v) is 11.4. The average molecular weight is 444 g/mol. The van der Waals surface area contributed by atoms with Gasteiger partial charge in [-0.25, -0.2) is 5.10 Å². The van der Waals surface area contributed by atoms with E-state index < -0.39 is 0 Å². The lowest BCUT2D eigenvalue weighted by molar-refractivity contribution is 0.401. The van der Waals surface area contributed by atoms with Crippen molar-refractivity contribution in [1.29, 1.82) is 0 Å². The molecule has 0 radical (unpaired) electrons. The predicted molar refractivity (Wildman–Crippen MR) is 131 cm³/mol. The van der Waals surface area contributed by atoms with Gasteiger partial charge in [0, 0.05) is 23.4 Å². The Morgan fingerprint density at radius 2 is 1.82 bits per heavy atom. The summed E-state index contributed by atoms with van der Waals surface area (Å²) in [4.78, 5) is 12.1. The standard InChI is InChI=1S/C27H29N3O3/c1-2-3-4-5-6-7-12-20-18-25(31)30(27(20)33)21-13-10-11-19(16-21)17-24-22-14-8-9-15-23(22)26(32)29-28-24/h6-11,13-16,18,31,33H,2-5,12,17H2,1H3,(H,29,32). The molecule has 0 unspecified atom stereocenters. The van der Waals surface area contributed by atoms with Gasteiger partial charge < -0.3 is 10.2 Å². The van der Waals surface area contributed by atoms with E-state index in [1.807, 2.05) is 48.5 Å². The zero-order chi connectivity index (χ0) is 23.2. The van der Waals surface area contributed by atoms with E-state index in [1.54, 1.807) is 12.1 Å². The molecule has 0 aliphatic rings. The molecular weight excluding hydrogens is 414 g/mol. The van der Waals surface area contributed by atoms with Gasteiger partial charge in [-0.2, -0.15) is 5.10 Å². The molecule has 6 nitrogen and oxygen atoms in total. The van der Waals surface area contributed by atoms with Crippen LogP contribution in [0.4, 0.5) is 0 Å². The maximum atomic E-state index is 12.1. The van der Waals surface area contributed by atoms with Crippen LogP contribution < -0.4 is 5.56 Å². The Labute approximate surface area is 192 Å². The summed E-state index contributed by atoms with van der Waals surface area (Å²) in [6.07, 6.45) is 9.83. The zero-order valence-corrected chi connectivity index (χ0v) is 18.8. The van der Waals surface area contributed by atoms with Crippen molar-refractivity contribution in [2.45, 2.75) is 45.4 Å². The van der Waals surface area contributed by atoms with Gasteiger partial charge in [-0.05, 0) is 43.0 Å². The molecule has 0 atom stereocenters. The van der Waals surface area contributed by atoms with Crippen LogP contribution in [0.5, 0.6) is 11.8 Å². The van der Waals surface area contributed by atoms with Crippen molar-refractivity contribution in [3.05, 3.63) is 93.9 Å². The number of hydrogen-bond donors (Lipinski definition) is 3. The van der Waals surface area contributed by atoms with Crippen LogP contribution in [-0.2, 0) is 12.8 Å². The predicted octanol–water partition coefficient (Wildman–Crippen LogP) is 5.39. The summed E-state index contributed by atoms with van der Waals surface area (Å²) in [5, 5.41) is 29.5. The molecule has 0 amide bonds. The van der Waals surface area contributed by atoms with E-state index >= 15 is 0 Å². The first-order valence-electron chi connectivity index (χ1n) is 11.4. The molecule has 2 aromatic heterocycles. The van der Waals surface area contributed by atoms with Gasteiger partial charge in [0.1, 0.15) is 0 Å². The topological polar surface area (TPSA) is 91.1 Å². The molecule has 0 spiro atoms. The van der Waals surface area contributed by atoms with E-state index in [4.69, 9.17) is 0 Å². The van der Waals surface area contributed by atoms with Gasteiger partial charge in [0.2, 0.25) is 5.88 Å². The van der Waals surface area contributed by atoms with Crippen molar-refractivity contribution < 1.29 is 10.2 Å². The number of fused-ring (bicyclic) bond motifs is 1. The third-order valence-corrected chi connectivity index (χ3v) is 5.83. The third kappa shape index (κ3) is 5.00. The molecule has 0 fully saturated rings. The second-order valence-corrected chi connectivity index (χ2v) is 8.25. The summed E-state index contributed by atoms with van der Waals surface area (Å²) >= 11 is 0. The number of aromatic amines is 1. The van der Waals surface area contributed by atoms with Crippen LogP contribution in [0.15, 0.2) is 71.5 Å². The van der Waals surface area contributed by atoms with Crippen molar-refractivity contribution in [2.75, 3.05) is 0 Å². The van der Waals surface area contributed by atoms with Gasteiger partial charge in [-0.3, -0.25) is 9.36 Å². The van der Waals surface area contributed by atoms with E-state index in [2.05, 4.69) is 23.2 Å². The van der Waals surface area contributed by atoms with Crippen LogP contribution in [0, 0.1) is 0 Å². The first-order chi connectivity index (χ1) is 16.1. The summed E-state index contributed by atoms with van der Waals surface area (Å²) in [6, 6.07) is 16.6. The third-order valence-electron chi connectivity index (χ3n) is 5.83. The number of unbranched alkanes of at least 4 members (excludes halogenated alkanes) is 3. The lowest BCUT2D eigenvalue weighted by atomic mass is 10.0. The van der Waals surface area contributed by atoms with Crippen LogP contribution in [0.3, 0.4) is 0 Å². The molecule has 2 aromatic carbocycles. The fourth-order valence-corrected chi connectivity index (χ4v) is 4.09. The molecule has 170 valence electrons. The summed E-state index contributed by atoms with van der Waals surface area (Å²) in [6.45, 7) is 2.18. The molecule has 3 N–H and O–H groups in total. The molecule has 0 aliphatic heterocycles. The number of nitrogens with one attached hydrogen (secondary N) is 1. The second-order valence-electron chi connectivity index (χ2n) is 8.25. The number of nitrogens with zero attached hydrogens (tertiary/aromatic N) is 2. The molecule has 6 heteroatoms. The number of rotatable bonds is 9. The van der Waals surface area contributed by atoms with Crippen molar-refractivity contribution in [3.8, 4) is 17.4 Å². The van der Waals surface area contributed by atoms with Gasteiger partial charge in [-0.15, -0.1) is 0 Å². The fourth-order valence-electron chi connectivity index (χ4n) is 4.09. The van der Waals surface area contributed by atoms with Crippen LogP contribution in [0.1, 0.15) is 49.4 Å². The van der Waals surface area contributed by atoms with Gasteiger partial charge in [-0.1, -0.05) is 62.2 Å². The second kappa shape index (κ2) is 10.2. The fraction of sp³-hybridized carbons (Fsp3) is 0.259. The Morgan fingerprint density at radius 3 is 2.64 bits per heavy atom. The smallest absolute Gasteiger partial charge is 0.272 e. The van der Waals surface area contributed by atoms with Crippen LogP contribution >= 0.6 is 0 Å². The first kappa shape index (κ1) is 22.4. The SMILES string of the molecule is CCCCCC=CCc1cc(O)n(-c2cccc(Cc3n[nH]c(=O)c4ccccc34)c2)c1O. The summed E-state index contributed by atoms with van der Waals surface area (Å²) in [5.41, 5.74) is 2.84. The molecule has 2 heterocycles. The maximum Gasteiger partial charge on any atom is 0.272 e. The van der Waals surface area contributed by atoms with Crippen LogP contribution in [0.25, 0.3) is 16.5 Å². The highest BCUT2D eigenvalue weighted by atomic mass is 16.3. The summed E-state index contributed by atoms with van der Waals surface area (Å²) in [7, 11) is 0. The van der Waals surface area contributed by atoms with E-state index in [1.165, 1.54) is 17.4 Å². The quantitative estimate of drug-likeness (QED) is 0.239. The molecule has 33 heavy (non-hydrogen) atoms.